The molecule has 16 heavy (non-hydrogen) atoms. The molecule has 1 fully saturated rings. The normalized spacial score (nSPS) is 19.2. The molecule has 1 aromatic rings. The number of rotatable bonds is 1. The smallest absolute Gasteiger partial charge is 0.103 e. The van der Waals surface area contributed by atoms with Crippen molar-refractivity contribution in [1.82, 2.24) is 10.3 Å². The van der Waals surface area contributed by atoms with Gasteiger partial charge in [0.05, 0.1) is 11.3 Å². The second-order valence-electron chi connectivity index (χ2n) is 4.74. The highest BCUT2D eigenvalue weighted by molar-refractivity contribution is 5.58. The summed E-state index contributed by atoms with van der Waals surface area (Å²) in [4.78, 5) is 6.23. The Hall–Kier alpha value is -1.60. The van der Waals surface area contributed by atoms with Crippen LogP contribution in [-0.4, -0.2) is 30.2 Å². The van der Waals surface area contributed by atoms with Crippen molar-refractivity contribution >= 4 is 5.69 Å². The third-order valence-electron chi connectivity index (χ3n) is 2.83. The van der Waals surface area contributed by atoms with Crippen LogP contribution in [0, 0.1) is 11.3 Å². The summed E-state index contributed by atoms with van der Waals surface area (Å²) in [5.74, 6) is 0. The van der Waals surface area contributed by atoms with Gasteiger partial charge in [0, 0.05) is 37.6 Å². The molecule has 84 valence electrons. The van der Waals surface area contributed by atoms with Gasteiger partial charge in [-0.25, -0.2) is 0 Å². The molecule has 0 saturated carbocycles. The van der Waals surface area contributed by atoms with Crippen LogP contribution in [0.25, 0.3) is 0 Å². The van der Waals surface area contributed by atoms with Crippen molar-refractivity contribution in [3.05, 3.63) is 24.0 Å². The van der Waals surface area contributed by atoms with Crippen LogP contribution in [0.4, 0.5) is 5.69 Å². The van der Waals surface area contributed by atoms with E-state index < -0.39 is 0 Å². The Bertz CT molecular complexity index is 419. The summed E-state index contributed by atoms with van der Waals surface area (Å²) in [7, 11) is 0. The van der Waals surface area contributed by atoms with E-state index in [0.717, 1.165) is 25.3 Å². The summed E-state index contributed by atoms with van der Waals surface area (Å²) in [6.07, 6.45) is 3.37. The van der Waals surface area contributed by atoms with Gasteiger partial charge in [0.15, 0.2) is 0 Å². The number of hydrogen-bond donors (Lipinski definition) is 1. The fourth-order valence-corrected chi connectivity index (χ4v) is 2.10. The number of nitrogens with zero attached hydrogens (tertiary/aromatic N) is 3. The van der Waals surface area contributed by atoms with E-state index in [-0.39, 0.29) is 5.54 Å². The van der Waals surface area contributed by atoms with E-state index in [9.17, 15) is 0 Å². The molecule has 4 nitrogen and oxygen atoms in total. The summed E-state index contributed by atoms with van der Waals surface area (Å²) in [5.41, 5.74) is 1.74. The maximum Gasteiger partial charge on any atom is 0.103 e. The molecule has 0 spiro atoms. The highest BCUT2D eigenvalue weighted by Crippen LogP contribution is 2.22. The molecule has 0 aliphatic carbocycles. The van der Waals surface area contributed by atoms with Crippen LogP contribution >= 0.6 is 0 Å². The Morgan fingerprint density at radius 1 is 1.56 bits per heavy atom. The summed E-state index contributed by atoms with van der Waals surface area (Å²) in [6, 6.07) is 4.11. The van der Waals surface area contributed by atoms with Crippen LogP contribution < -0.4 is 10.2 Å². The topological polar surface area (TPSA) is 52.0 Å². The lowest BCUT2D eigenvalue weighted by molar-refractivity contribution is 0.353. The van der Waals surface area contributed by atoms with E-state index in [1.807, 2.05) is 6.07 Å². The molecule has 1 aliphatic rings. The van der Waals surface area contributed by atoms with E-state index in [2.05, 4.69) is 35.1 Å². The zero-order valence-corrected chi connectivity index (χ0v) is 9.70. The largest absolute Gasteiger partial charge is 0.367 e. The first-order chi connectivity index (χ1) is 7.62. The van der Waals surface area contributed by atoms with Gasteiger partial charge in [-0.15, -0.1) is 0 Å². The van der Waals surface area contributed by atoms with Crippen molar-refractivity contribution in [2.45, 2.75) is 19.4 Å². The van der Waals surface area contributed by atoms with Gasteiger partial charge in [-0.2, -0.15) is 5.26 Å². The predicted molar refractivity (Wildman–Crippen MR) is 63.2 cm³/mol. The van der Waals surface area contributed by atoms with Gasteiger partial charge in [0.25, 0.3) is 0 Å². The van der Waals surface area contributed by atoms with Crippen molar-refractivity contribution in [2.24, 2.45) is 0 Å². The molecule has 4 heteroatoms. The highest BCUT2D eigenvalue weighted by atomic mass is 15.2. The first-order valence-electron chi connectivity index (χ1n) is 5.46. The zero-order chi connectivity index (χ0) is 11.6. The molecule has 2 rings (SSSR count). The maximum atomic E-state index is 9.05. The SMILES string of the molecule is CC1(C)CN(c2ccncc2C#N)CCN1. The number of anilines is 1. The molecule has 1 saturated heterocycles. The van der Waals surface area contributed by atoms with Crippen LogP contribution in [0.1, 0.15) is 19.4 Å². The second kappa shape index (κ2) is 4.11. The summed E-state index contributed by atoms with van der Waals surface area (Å²) in [6.45, 7) is 7.13. The van der Waals surface area contributed by atoms with Crippen LogP contribution in [0.2, 0.25) is 0 Å². The Morgan fingerprint density at radius 2 is 2.38 bits per heavy atom. The first kappa shape index (κ1) is 10.9. The van der Waals surface area contributed by atoms with Crippen molar-refractivity contribution in [3.63, 3.8) is 0 Å². The monoisotopic (exact) mass is 216 g/mol. The van der Waals surface area contributed by atoms with Gasteiger partial charge >= 0.3 is 0 Å². The van der Waals surface area contributed by atoms with E-state index >= 15 is 0 Å². The molecule has 1 aromatic heterocycles. The molecule has 1 aliphatic heterocycles. The molecule has 2 heterocycles. The number of hydrogen-bond acceptors (Lipinski definition) is 4. The fraction of sp³-hybridized carbons (Fsp3) is 0.500. The lowest BCUT2D eigenvalue weighted by Gasteiger charge is -2.40. The first-order valence-corrected chi connectivity index (χ1v) is 5.46. The summed E-state index contributed by atoms with van der Waals surface area (Å²) >= 11 is 0. The Balaban J connectivity index is 2.27. The molecular formula is C12H16N4. The van der Waals surface area contributed by atoms with E-state index in [1.165, 1.54) is 0 Å². The second-order valence-corrected chi connectivity index (χ2v) is 4.74. The van der Waals surface area contributed by atoms with E-state index in [4.69, 9.17) is 5.26 Å². The molecule has 0 unspecified atom stereocenters. The quantitative estimate of drug-likeness (QED) is 0.765. The Labute approximate surface area is 95.9 Å². The number of aromatic nitrogens is 1. The Kier molecular flexibility index (Phi) is 2.80. The van der Waals surface area contributed by atoms with Crippen molar-refractivity contribution in [3.8, 4) is 6.07 Å². The van der Waals surface area contributed by atoms with Crippen LogP contribution in [0.15, 0.2) is 18.5 Å². The number of pyridine rings is 1. The summed E-state index contributed by atoms with van der Waals surface area (Å²) in [5, 5.41) is 12.5. The molecule has 0 bridgehead atoms. The molecule has 0 atom stereocenters. The van der Waals surface area contributed by atoms with Crippen LogP contribution in [0.5, 0.6) is 0 Å². The van der Waals surface area contributed by atoms with Gasteiger partial charge in [-0.1, -0.05) is 0 Å². The van der Waals surface area contributed by atoms with Gasteiger partial charge in [0.1, 0.15) is 6.07 Å². The van der Waals surface area contributed by atoms with Gasteiger partial charge in [-0.3, -0.25) is 4.98 Å². The third-order valence-corrected chi connectivity index (χ3v) is 2.83. The van der Waals surface area contributed by atoms with Crippen molar-refractivity contribution in [1.29, 1.82) is 5.26 Å². The third kappa shape index (κ3) is 2.15. The predicted octanol–water partition coefficient (Wildman–Crippen LogP) is 1.14. The lowest BCUT2D eigenvalue weighted by atomic mass is 10.0. The average Bonchev–Trinajstić information content (AvgIpc) is 2.27. The van der Waals surface area contributed by atoms with E-state index in [1.54, 1.807) is 12.4 Å². The van der Waals surface area contributed by atoms with Crippen LogP contribution in [-0.2, 0) is 0 Å². The zero-order valence-electron chi connectivity index (χ0n) is 9.70. The standard InChI is InChI=1S/C12H16N4/c1-12(2)9-16(6-5-15-12)11-3-4-14-8-10(11)7-13/h3-4,8,15H,5-6,9H2,1-2H3. The molecule has 1 N–H and O–H groups in total. The Morgan fingerprint density at radius 3 is 3.06 bits per heavy atom. The maximum absolute atomic E-state index is 9.05. The van der Waals surface area contributed by atoms with Gasteiger partial charge < -0.3 is 10.2 Å². The molecule has 0 radical (unpaired) electrons. The van der Waals surface area contributed by atoms with E-state index in [0.29, 0.717) is 5.56 Å². The lowest BCUT2D eigenvalue weighted by Crippen LogP contribution is -2.57. The highest BCUT2D eigenvalue weighted by Gasteiger charge is 2.26. The molecular weight excluding hydrogens is 200 g/mol. The van der Waals surface area contributed by atoms with Crippen molar-refractivity contribution < 1.29 is 0 Å². The average molecular weight is 216 g/mol. The molecule has 0 aromatic carbocycles. The van der Waals surface area contributed by atoms with Crippen molar-refractivity contribution in [2.75, 3.05) is 24.5 Å². The number of piperazine rings is 1. The number of nitrogens with one attached hydrogen (secondary N) is 1. The van der Waals surface area contributed by atoms with Gasteiger partial charge in [-0.05, 0) is 19.9 Å². The minimum Gasteiger partial charge on any atom is -0.367 e. The van der Waals surface area contributed by atoms with Gasteiger partial charge in [0.2, 0.25) is 0 Å². The minimum absolute atomic E-state index is 0.0915. The van der Waals surface area contributed by atoms with Crippen LogP contribution in [0.3, 0.4) is 0 Å². The fourth-order valence-electron chi connectivity index (χ4n) is 2.10. The minimum atomic E-state index is 0.0915. The summed E-state index contributed by atoms with van der Waals surface area (Å²) < 4.78 is 0. The number of nitriles is 1. The molecule has 0 amide bonds.